The van der Waals surface area contributed by atoms with Crippen LogP contribution in [0.1, 0.15) is 52.4 Å². The van der Waals surface area contributed by atoms with Crippen LogP contribution in [0.4, 0.5) is 5.13 Å². The van der Waals surface area contributed by atoms with Gasteiger partial charge in [-0.05, 0) is 70.1 Å². The van der Waals surface area contributed by atoms with Gasteiger partial charge in [-0.3, -0.25) is 4.79 Å². The molecule has 4 aliphatic rings. The normalized spacial score (nSPS) is 35.0. The van der Waals surface area contributed by atoms with Gasteiger partial charge in [-0.25, -0.2) is 0 Å². The number of anilines is 1. The molecule has 7 heteroatoms. The highest BCUT2D eigenvalue weighted by Gasteiger charge is 2.51. The van der Waals surface area contributed by atoms with Gasteiger partial charge in [-0.1, -0.05) is 23.1 Å². The van der Waals surface area contributed by atoms with Crippen LogP contribution in [0.3, 0.4) is 0 Å². The van der Waals surface area contributed by atoms with E-state index in [2.05, 4.69) is 20.8 Å². The van der Waals surface area contributed by atoms with Crippen molar-refractivity contribution in [2.75, 3.05) is 11.9 Å². The van der Waals surface area contributed by atoms with E-state index in [-0.39, 0.29) is 16.7 Å². The first-order valence-corrected chi connectivity index (χ1v) is 10.8. The SMILES string of the molecule is CCNc1nnc(S[C@@H](C)C(=O)NC23CC4CC(CC(C4)C2)C3)s1. The molecule has 132 valence electrons. The molecule has 1 aromatic heterocycles. The zero-order chi connectivity index (χ0) is 16.7. The van der Waals surface area contributed by atoms with Gasteiger partial charge in [-0.2, -0.15) is 0 Å². The number of thioether (sulfide) groups is 1. The molecule has 4 saturated carbocycles. The Balaban J connectivity index is 1.37. The molecule has 2 N–H and O–H groups in total. The lowest BCUT2D eigenvalue weighted by Gasteiger charge is -2.57. The predicted octanol–water partition coefficient (Wildman–Crippen LogP) is 3.54. The number of nitrogens with one attached hydrogen (secondary N) is 2. The Morgan fingerprint density at radius 3 is 2.46 bits per heavy atom. The number of aromatic nitrogens is 2. The number of hydrogen-bond donors (Lipinski definition) is 2. The van der Waals surface area contributed by atoms with Gasteiger partial charge in [0.15, 0.2) is 4.34 Å². The van der Waals surface area contributed by atoms with E-state index in [9.17, 15) is 4.79 Å². The predicted molar refractivity (Wildman–Crippen MR) is 98.4 cm³/mol. The van der Waals surface area contributed by atoms with Gasteiger partial charge in [0.1, 0.15) is 0 Å². The van der Waals surface area contributed by atoms with Crippen LogP contribution < -0.4 is 10.6 Å². The Morgan fingerprint density at radius 2 is 1.88 bits per heavy atom. The summed E-state index contributed by atoms with van der Waals surface area (Å²) in [6, 6.07) is 0. The minimum atomic E-state index is -0.125. The van der Waals surface area contributed by atoms with Crippen molar-refractivity contribution in [1.82, 2.24) is 15.5 Å². The van der Waals surface area contributed by atoms with Crippen LogP contribution >= 0.6 is 23.1 Å². The molecule has 1 amide bonds. The van der Waals surface area contributed by atoms with E-state index in [0.717, 1.165) is 33.8 Å². The monoisotopic (exact) mass is 366 g/mol. The molecule has 0 saturated heterocycles. The Morgan fingerprint density at radius 1 is 1.25 bits per heavy atom. The highest BCUT2D eigenvalue weighted by Crippen LogP contribution is 2.55. The lowest BCUT2D eigenvalue weighted by molar-refractivity contribution is -0.126. The number of carbonyl (C=O) groups is 1. The van der Waals surface area contributed by atoms with Gasteiger partial charge in [0, 0.05) is 12.1 Å². The maximum atomic E-state index is 12.8. The Hall–Kier alpha value is -0.820. The first kappa shape index (κ1) is 16.6. The van der Waals surface area contributed by atoms with Gasteiger partial charge in [0.05, 0.1) is 5.25 Å². The summed E-state index contributed by atoms with van der Waals surface area (Å²) >= 11 is 3.04. The van der Waals surface area contributed by atoms with Crippen molar-refractivity contribution in [2.24, 2.45) is 17.8 Å². The fourth-order valence-corrected chi connectivity index (χ4v) is 7.28. The molecule has 1 aromatic rings. The molecule has 0 aliphatic heterocycles. The molecule has 5 nitrogen and oxygen atoms in total. The minimum absolute atomic E-state index is 0.0940. The summed E-state index contributed by atoms with van der Waals surface area (Å²) in [4.78, 5) is 12.8. The largest absolute Gasteiger partial charge is 0.360 e. The summed E-state index contributed by atoms with van der Waals surface area (Å²) < 4.78 is 0.860. The molecule has 4 fully saturated rings. The highest BCUT2D eigenvalue weighted by atomic mass is 32.2. The molecule has 0 unspecified atom stereocenters. The van der Waals surface area contributed by atoms with Crippen molar-refractivity contribution >= 4 is 34.1 Å². The fourth-order valence-electron chi connectivity index (χ4n) is 5.31. The molecule has 1 atom stereocenters. The third-order valence-electron chi connectivity index (χ3n) is 5.81. The molecule has 4 bridgehead atoms. The summed E-state index contributed by atoms with van der Waals surface area (Å²) in [7, 11) is 0. The smallest absolute Gasteiger partial charge is 0.233 e. The van der Waals surface area contributed by atoms with Crippen LogP contribution in [-0.2, 0) is 4.79 Å². The number of hydrogen-bond acceptors (Lipinski definition) is 6. The number of carbonyl (C=O) groups excluding carboxylic acids is 1. The number of rotatable bonds is 6. The first-order valence-electron chi connectivity index (χ1n) is 9.11. The van der Waals surface area contributed by atoms with Gasteiger partial charge in [0.2, 0.25) is 11.0 Å². The first-order chi connectivity index (χ1) is 11.5. The average molecular weight is 367 g/mol. The Labute approximate surface area is 151 Å². The maximum Gasteiger partial charge on any atom is 0.233 e. The molecule has 4 aliphatic carbocycles. The van der Waals surface area contributed by atoms with E-state index in [1.165, 1.54) is 61.6 Å². The van der Waals surface area contributed by atoms with Crippen LogP contribution in [0, 0.1) is 17.8 Å². The third kappa shape index (κ3) is 3.29. The Bertz CT molecular complexity index is 582. The lowest BCUT2D eigenvalue weighted by atomic mass is 9.53. The summed E-state index contributed by atoms with van der Waals surface area (Å²) in [5.41, 5.74) is 0.0940. The summed E-state index contributed by atoms with van der Waals surface area (Å²) in [5.74, 6) is 2.73. The van der Waals surface area contributed by atoms with Crippen LogP contribution in [0.15, 0.2) is 4.34 Å². The van der Waals surface area contributed by atoms with Crippen molar-refractivity contribution in [2.45, 2.75) is 67.5 Å². The van der Waals surface area contributed by atoms with Crippen LogP contribution in [0.25, 0.3) is 0 Å². The van der Waals surface area contributed by atoms with Crippen molar-refractivity contribution in [3.63, 3.8) is 0 Å². The second-order valence-electron chi connectivity index (χ2n) is 7.85. The molecule has 1 heterocycles. The molecule has 0 aromatic carbocycles. The van der Waals surface area contributed by atoms with Gasteiger partial charge in [-0.15, -0.1) is 10.2 Å². The van der Waals surface area contributed by atoms with Gasteiger partial charge in [0.25, 0.3) is 0 Å². The van der Waals surface area contributed by atoms with Crippen molar-refractivity contribution in [3.05, 3.63) is 0 Å². The van der Waals surface area contributed by atoms with Gasteiger partial charge >= 0.3 is 0 Å². The topological polar surface area (TPSA) is 66.9 Å². The quantitative estimate of drug-likeness (QED) is 0.754. The lowest BCUT2D eigenvalue weighted by Crippen LogP contribution is -2.60. The van der Waals surface area contributed by atoms with E-state index in [4.69, 9.17) is 0 Å². The Kier molecular flexibility index (Phi) is 4.49. The third-order valence-corrected chi connectivity index (χ3v) is 7.87. The number of nitrogens with zero attached hydrogens (tertiary/aromatic N) is 2. The average Bonchev–Trinajstić information content (AvgIpc) is 2.93. The zero-order valence-corrected chi connectivity index (χ0v) is 16.0. The number of amides is 1. The van der Waals surface area contributed by atoms with Crippen LogP contribution in [0.2, 0.25) is 0 Å². The van der Waals surface area contributed by atoms with E-state index >= 15 is 0 Å². The van der Waals surface area contributed by atoms with E-state index < -0.39 is 0 Å². The van der Waals surface area contributed by atoms with E-state index in [0.29, 0.717) is 0 Å². The molecule has 24 heavy (non-hydrogen) atoms. The second kappa shape index (κ2) is 6.48. The minimum Gasteiger partial charge on any atom is -0.360 e. The maximum absolute atomic E-state index is 12.8. The van der Waals surface area contributed by atoms with Crippen molar-refractivity contribution < 1.29 is 4.79 Å². The fraction of sp³-hybridized carbons (Fsp3) is 0.824. The molecule has 0 radical (unpaired) electrons. The van der Waals surface area contributed by atoms with Crippen LogP contribution in [-0.4, -0.2) is 33.4 Å². The van der Waals surface area contributed by atoms with E-state index in [1.807, 2.05) is 13.8 Å². The summed E-state index contributed by atoms with van der Waals surface area (Å²) in [5, 5.41) is 15.6. The molecular weight excluding hydrogens is 340 g/mol. The van der Waals surface area contributed by atoms with Crippen molar-refractivity contribution in [1.29, 1.82) is 0 Å². The molecular formula is C17H26N4OS2. The standard InChI is InChI=1S/C17H26N4OS2/c1-3-18-15-20-21-16(24-15)23-10(2)14(22)19-17-7-11-4-12(8-17)6-13(5-11)9-17/h10-13H,3-9H2,1-2H3,(H,18,20)(H,19,22)/t10-,11?,12?,13?,17?/m0/s1. The van der Waals surface area contributed by atoms with Crippen molar-refractivity contribution in [3.8, 4) is 0 Å². The highest BCUT2D eigenvalue weighted by molar-refractivity contribution is 8.02. The molecule has 5 rings (SSSR count). The van der Waals surface area contributed by atoms with Crippen LogP contribution in [0.5, 0.6) is 0 Å². The zero-order valence-electron chi connectivity index (χ0n) is 14.4. The summed E-state index contributed by atoms with van der Waals surface area (Å²) in [6.07, 6.45) is 7.80. The van der Waals surface area contributed by atoms with E-state index in [1.54, 1.807) is 0 Å². The summed E-state index contributed by atoms with van der Waals surface area (Å²) in [6.45, 7) is 4.85. The molecule has 0 spiro atoms. The second-order valence-corrected chi connectivity index (χ2v) is 10.4. The van der Waals surface area contributed by atoms with Gasteiger partial charge < -0.3 is 10.6 Å².